The maximum atomic E-state index is 3.36. The second-order valence-corrected chi connectivity index (χ2v) is 5.70. The fourth-order valence-corrected chi connectivity index (χ4v) is 2.33. The van der Waals surface area contributed by atoms with E-state index in [9.17, 15) is 0 Å². The summed E-state index contributed by atoms with van der Waals surface area (Å²) in [6.07, 6.45) is 7.23. The van der Waals surface area contributed by atoms with E-state index >= 15 is 0 Å². The molecule has 1 aromatic carbocycles. The SMILES string of the molecule is CC1=[C-]C(C)C(C)=C1C.CCCCc1cc[c-](C)c1.[Cl-].[Cl-].[Hf+4]. The van der Waals surface area contributed by atoms with Crippen LogP contribution in [0, 0.1) is 18.9 Å². The van der Waals surface area contributed by atoms with Gasteiger partial charge in [-0.3, -0.25) is 6.08 Å². The smallest absolute Gasteiger partial charge is 1.00 e. The first-order valence-electron chi connectivity index (χ1n) is 7.45. The van der Waals surface area contributed by atoms with E-state index < -0.39 is 0 Å². The minimum atomic E-state index is 0. The maximum Gasteiger partial charge on any atom is 4.00 e. The number of hydrogen-bond donors (Lipinski definition) is 0. The van der Waals surface area contributed by atoms with E-state index in [1.807, 2.05) is 0 Å². The van der Waals surface area contributed by atoms with Gasteiger partial charge >= 0.3 is 25.8 Å². The van der Waals surface area contributed by atoms with E-state index in [1.165, 1.54) is 47.1 Å². The molecule has 0 aromatic heterocycles. The summed E-state index contributed by atoms with van der Waals surface area (Å²) in [6.45, 7) is 13.0. The summed E-state index contributed by atoms with van der Waals surface area (Å²) in [4.78, 5) is 0. The Morgan fingerprint density at radius 3 is 2.05 bits per heavy atom. The van der Waals surface area contributed by atoms with Crippen LogP contribution < -0.4 is 24.8 Å². The molecule has 0 saturated heterocycles. The number of allylic oxidation sites excluding steroid dienone is 4. The van der Waals surface area contributed by atoms with Gasteiger partial charge in [0.25, 0.3) is 0 Å². The summed E-state index contributed by atoms with van der Waals surface area (Å²) in [6, 6.07) is 6.69. The third-order valence-corrected chi connectivity index (χ3v) is 4.03. The standard InChI is InChI=1S/C10H15.C9H13.2ClH.Hf/c1-3-4-5-10-7-6-9(2)8-10;1-6-5-7(2)9(4)8(6)3;;;/h6-8H,3-5H2,1-2H3;6H,1-4H3;2*1H;/q2*-1;;;+4/p-2. The van der Waals surface area contributed by atoms with Crippen LogP contribution in [-0.2, 0) is 32.3 Å². The molecule has 0 aliphatic heterocycles. The molecule has 3 heteroatoms. The number of unbranched alkanes of at least 4 members (excludes halogenated alkanes) is 1. The van der Waals surface area contributed by atoms with Crippen LogP contribution >= 0.6 is 0 Å². The first kappa shape index (κ1) is 27.1. The molecule has 1 aromatic rings. The summed E-state index contributed by atoms with van der Waals surface area (Å²) in [5, 5.41) is 0. The van der Waals surface area contributed by atoms with Gasteiger partial charge in [-0.1, -0.05) is 59.8 Å². The Hall–Kier alpha value is 0.280. The minimum Gasteiger partial charge on any atom is -1.00 e. The van der Waals surface area contributed by atoms with Crippen molar-refractivity contribution in [2.45, 2.75) is 60.8 Å². The Kier molecular flexibility index (Phi) is 16.9. The van der Waals surface area contributed by atoms with E-state index in [4.69, 9.17) is 0 Å². The van der Waals surface area contributed by atoms with E-state index in [2.05, 4.69) is 65.8 Å². The van der Waals surface area contributed by atoms with Gasteiger partial charge in [-0.25, -0.2) is 11.6 Å². The van der Waals surface area contributed by atoms with Crippen molar-refractivity contribution in [2.24, 2.45) is 5.92 Å². The van der Waals surface area contributed by atoms with Gasteiger partial charge in [-0.05, 0) is 0 Å². The summed E-state index contributed by atoms with van der Waals surface area (Å²) < 4.78 is 0. The maximum absolute atomic E-state index is 3.36. The Labute approximate surface area is 168 Å². The topological polar surface area (TPSA) is 0 Å². The summed E-state index contributed by atoms with van der Waals surface area (Å²) >= 11 is 0. The van der Waals surface area contributed by atoms with Gasteiger partial charge < -0.3 is 24.8 Å². The van der Waals surface area contributed by atoms with Gasteiger partial charge in [-0.15, -0.1) is 6.92 Å². The van der Waals surface area contributed by atoms with Crippen molar-refractivity contribution in [1.29, 1.82) is 0 Å². The van der Waals surface area contributed by atoms with Crippen LogP contribution in [-0.4, -0.2) is 0 Å². The number of rotatable bonds is 3. The molecular weight excluding hydrogens is 478 g/mol. The van der Waals surface area contributed by atoms with Crippen LogP contribution in [0.1, 0.15) is 58.6 Å². The van der Waals surface area contributed by atoms with Crippen molar-refractivity contribution in [1.82, 2.24) is 0 Å². The fraction of sp³-hybridized carbons (Fsp3) is 0.526. The molecule has 0 heterocycles. The fourth-order valence-electron chi connectivity index (χ4n) is 2.33. The molecule has 0 saturated carbocycles. The zero-order chi connectivity index (χ0) is 14.4. The Morgan fingerprint density at radius 2 is 1.77 bits per heavy atom. The monoisotopic (exact) mass is 506 g/mol. The van der Waals surface area contributed by atoms with Crippen LogP contribution in [0.2, 0.25) is 0 Å². The molecular formula is C19H28Cl2Hf. The Morgan fingerprint density at radius 1 is 1.18 bits per heavy atom. The molecule has 0 fully saturated rings. The van der Waals surface area contributed by atoms with Gasteiger partial charge in [0.2, 0.25) is 0 Å². The second-order valence-electron chi connectivity index (χ2n) is 5.70. The molecule has 1 aliphatic carbocycles. The molecule has 0 spiro atoms. The number of halogens is 2. The third-order valence-electron chi connectivity index (χ3n) is 4.03. The molecule has 1 unspecified atom stereocenters. The van der Waals surface area contributed by atoms with Crippen molar-refractivity contribution >= 4 is 0 Å². The van der Waals surface area contributed by atoms with E-state index in [0.717, 1.165) is 0 Å². The first-order valence-corrected chi connectivity index (χ1v) is 7.45. The van der Waals surface area contributed by atoms with Gasteiger partial charge in [0.05, 0.1) is 0 Å². The first-order chi connectivity index (χ1) is 8.95. The molecule has 122 valence electrons. The van der Waals surface area contributed by atoms with Crippen molar-refractivity contribution in [3.8, 4) is 0 Å². The van der Waals surface area contributed by atoms with Gasteiger partial charge in [-0.2, -0.15) is 34.4 Å². The number of hydrogen-bond acceptors (Lipinski definition) is 0. The zero-order valence-corrected chi connectivity index (χ0v) is 19.8. The number of aryl methyl sites for hydroxylation is 2. The quantitative estimate of drug-likeness (QED) is 0.394. The molecule has 0 radical (unpaired) electrons. The van der Waals surface area contributed by atoms with Crippen molar-refractivity contribution in [3.63, 3.8) is 0 Å². The summed E-state index contributed by atoms with van der Waals surface area (Å²) in [5.41, 5.74) is 7.14. The largest absolute Gasteiger partial charge is 4.00 e. The van der Waals surface area contributed by atoms with Gasteiger partial charge in [0.1, 0.15) is 0 Å². The molecule has 0 nitrogen and oxygen atoms in total. The minimum absolute atomic E-state index is 0. The van der Waals surface area contributed by atoms with Crippen LogP contribution in [0.3, 0.4) is 0 Å². The zero-order valence-electron chi connectivity index (χ0n) is 14.7. The summed E-state index contributed by atoms with van der Waals surface area (Å²) in [7, 11) is 0. The normalized spacial score (nSPS) is 15.7. The van der Waals surface area contributed by atoms with Gasteiger partial charge in [0.15, 0.2) is 0 Å². The molecule has 0 N–H and O–H groups in total. The molecule has 0 amide bonds. The van der Waals surface area contributed by atoms with Crippen LogP contribution in [0.25, 0.3) is 0 Å². The molecule has 1 aliphatic rings. The Balaban J connectivity index is -0.000000290. The molecule has 1 atom stereocenters. The van der Waals surface area contributed by atoms with Crippen molar-refractivity contribution < 1.29 is 50.7 Å². The van der Waals surface area contributed by atoms with Gasteiger partial charge in [0, 0.05) is 0 Å². The molecule has 0 bridgehead atoms. The predicted octanol–water partition coefficient (Wildman–Crippen LogP) is -0.216. The van der Waals surface area contributed by atoms with Crippen molar-refractivity contribution in [3.05, 3.63) is 52.1 Å². The third kappa shape index (κ3) is 8.79. The van der Waals surface area contributed by atoms with Crippen molar-refractivity contribution in [2.75, 3.05) is 0 Å². The Bertz CT molecular complexity index is 470. The average Bonchev–Trinajstić information content (AvgIpc) is 2.88. The summed E-state index contributed by atoms with van der Waals surface area (Å²) in [5.74, 6) is 0.560. The van der Waals surface area contributed by atoms with E-state index in [0.29, 0.717) is 5.92 Å². The molecule has 2 rings (SSSR count). The van der Waals surface area contributed by atoms with E-state index in [-0.39, 0.29) is 50.7 Å². The predicted molar refractivity (Wildman–Crippen MR) is 85.4 cm³/mol. The second kappa shape index (κ2) is 13.7. The van der Waals surface area contributed by atoms with E-state index in [1.54, 1.807) is 0 Å². The molecule has 22 heavy (non-hydrogen) atoms. The van der Waals surface area contributed by atoms with Crippen LogP contribution in [0.15, 0.2) is 34.9 Å². The van der Waals surface area contributed by atoms with Crippen LogP contribution in [0.5, 0.6) is 0 Å². The average molecular weight is 506 g/mol. The van der Waals surface area contributed by atoms with Crippen LogP contribution in [0.4, 0.5) is 0 Å².